The zero-order valence-electron chi connectivity index (χ0n) is 8.89. The first kappa shape index (κ1) is 12.7. The summed E-state index contributed by atoms with van der Waals surface area (Å²) in [6, 6.07) is 3.37. The predicted molar refractivity (Wildman–Crippen MR) is 67.5 cm³/mol. The molecule has 0 radical (unpaired) electrons. The van der Waals surface area contributed by atoms with E-state index < -0.39 is 10.7 Å². The van der Waals surface area contributed by atoms with Crippen molar-refractivity contribution in [1.82, 2.24) is 4.98 Å². The molecule has 0 atom stereocenters. The van der Waals surface area contributed by atoms with Gasteiger partial charge in [0, 0.05) is 11.1 Å². The van der Waals surface area contributed by atoms with Crippen molar-refractivity contribution in [3.8, 4) is 0 Å². The standard InChI is InChI=1S/C10H7ClFN3O2S/c11-10-14-5-7(18-10)4-13-8-2-1-6(12)3-9(8)15(16)17/h1-3,5,13H,4H2. The quantitative estimate of drug-likeness (QED) is 0.691. The molecule has 0 bridgehead atoms. The number of nitrogens with one attached hydrogen (secondary N) is 1. The van der Waals surface area contributed by atoms with E-state index in [0.717, 1.165) is 17.0 Å². The molecule has 0 aliphatic heterocycles. The number of nitro groups is 1. The van der Waals surface area contributed by atoms with Crippen LogP contribution in [0.1, 0.15) is 4.88 Å². The van der Waals surface area contributed by atoms with Crippen LogP contribution in [0.25, 0.3) is 0 Å². The SMILES string of the molecule is O=[N+]([O-])c1cc(F)ccc1NCc1cnc(Cl)s1. The van der Waals surface area contributed by atoms with Gasteiger partial charge in [0.1, 0.15) is 11.5 Å². The number of thiazole rings is 1. The molecule has 18 heavy (non-hydrogen) atoms. The van der Waals surface area contributed by atoms with Gasteiger partial charge in [-0.25, -0.2) is 9.37 Å². The van der Waals surface area contributed by atoms with Gasteiger partial charge in [0.05, 0.1) is 17.5 Å². The van der Waals surface area contributed by atoms with E-state index in [1.807, 2.05) is 0 Å². The Morgan fingerprint density at radius 3 is 2.94 bits per heavy atom. The Bertz CT molecular complexity index is 590. The summed E-state index contributed by atoms with van der Waals surface area (Å²) in [4.78, 5) is 14.8. The minimum absolute atomic E-state index is 0.255. The van der Waals surface area contributed by atoms with Crippen molar-refractivity contribution >= 4 is 34.3 Å². The third kappa shape index (κ3) is 2.93. The van der Waals surface area contributed by atoms with Crippen LogP contribution in [0.15, 0.2) is 24.4 Å². The van der Waals surface area contributed by atoms with Gasteiger partial charge in [-0.2, -0.15) is 0 Å². The van der Waals surface area contributed by atoms with E-state index in [0.29, 0.717) is 11.0 Å². The molecule has 2 rings (SSSR count). The summed E-state index contributed by atoms with van der Waals surface area (Å²) in [5.74, 6) is -0.645. The largest absolute Gasteiger partial charge is 0.375 e. The molecule has 0 unspecified atom stereocenters. The maximum absolute atomic E-state index is 12.9. The van der Waals surface area contributed by atoms with Crippen LogP contribution in [0, 0.1) is 15.9 Å². The van der Waals surface area contributed by atoms with Gasteiger partial charge in [-0.05, 0) is 12.1 Å². The van der Waals surface area contributed by atoms with Crippen LogP contribution < -0.4 is 5.32 Å². The van der Waals surface area contributed by atoms with Gasteiger partial charge in [0.15, 0.2) is 4.47 Å². The highest BCUT2D eigenvalue weighted by Gasteiger charge is 2.14. The summed E-state index contributed by atoms with van der Waals surface area (Å²) in [7, 11) is 0. The van der Waals surface area contributed by atoms with Gasteiger partial charge in [0.25, 0.3) is 5.69 Å². The Labute approximate surface area is 110 Å². The first-order chi connectivity index (χ1) is 8.56. The molecular weight excluding hydrogens is 281 g/mol. The molecule has 8 heteroatoms. The third-order valence-electron chi connectivity index (χ3n) is 2.13. The molecule has 1 aromatic heterocycles. The van der Waals surface area contributed by atoms with Crippen molar-refractivity contribution in [3.05, 3.63) is 49.7 Å². The van der Waals surface area contributed by atoms with Crippen LogP contribution in [0.3, 0.4) is 0 Å². The minimum atomic E-state index is -0.645. The van der Waals surface area contributed by atoms with Crippen molar-refractivity contribution in [2.75, 3.05) is 5.32 Å². The zero-order chi connectivity index (χ0) is 13.1. The molecule has 0 saturated carbocycles. The molecule has 1 aromatic carbocycles. The first-order valence-electron chi connectivity index (χ1n) is 4.84. The molecule has 0 aliphatic carbocycles. The van der Waals surface area contributed by atoms with Crippen LogP contribution in [-0.2, 0) is 6.54 Å². The van der Waals surface area contributed by atoms with Crippen molar-refractivity contribution in [1.29, 1.82) is 0 Å². The predicted octanol–water partition coefficient (Wildman–Crippen LogP) is 3.46. The highest BCUT2D eigenvalue weighted by atomic mass is 35.5. The summed E-state index contributed by atoms with van der Waals surface area (Å²) in [5, 5.41) is 13.6. The van der Waals surface area contributed by atoms with E-state index in [2.05, 4.69) is 10.3 Å². The Morgan fingerprint density at radius 1 is 1.56 bits per heavy atom. The third-order valence-corrected chi connectivity index (χ3v) is 3.25. The van der Waals surface area contributed by atoms with E-state index in [9.17, 15) is 14.5 Å². The number of benzene rings is 1. The lowest BCUT2D eigenvalue weighted by Gasteiger charge is -2.05. The lowest BCUT2D eigenvalue weighted by Crippen LogP contribution is -2.01. The number of hydrogen-bond acceptors (Lipinski definition) is 5. The van der Waals surface area contributed by atoms with Gasteiger partial charge in [-0.1, -0.05) is 11.6 Å². The molecular formula is C10H7ClFN3O2S. The topological polar surface area (TPSA) is 68.1 Å². The Morgan fingerprint density at radius 2 is 2.33 bits per heavy atom. The summed E-state index contributed by atoms with van der Waals surface area (Å²) in [6.45, 7) is 0.344. The van der Waals surface area contributed by atoms with Crippen molar-refractivity contribution in [2.24, 2.45) is 0 Å². The molecule has 0 saturated heterocycles. The van der Waals surface area contributed by atoms with Gasteiger partial charge in [0.2, 0.25) is 0 Å². The van der Waals surface area contributed by atoms with E-state index in [1.54, 1.807) is 6.20 Å². The number of nitro benzene ring substituents is 1. The second-order valence-corrected chi connectivity index (χ2v) is 5.05. The minimum Gasteiger partial charge on any atom is -0.375 e. The number of nitrogens with zero attached hydrogens (tertiary/aromatic N) is 2. The summed E-state index contributed by atoms with van der Waals surface area (Å²) >= 11 is 6.94. The zero-order valence-corrected chi connectivity index (χ0v) is 10.5. The fraction of sp³-hybridized carbons (Fsp3) is 0.100. The molecule has 1 N–H and O–H groups in total. The monoisotopic (exact) mass is 287 g/mol. The fourth-order valence-corrected chi connectivity index (χ4v) is 2.27. The highest BCUT2D eigenvalue weighted by Crippen LogP contribution is 2.26. The smallest absolute Gasteiger partial charge is 0.295 e. The average Bonchev–Trinajstić information content (AvgIpc) is 2.73. The highest BCUT2D eigenvalue weighted by molar-refractivity contribution is 7.15. The number of aromatic nitrogens is 1. The number of anilines is 1. The van der Waals surface area contributed by atoms with Crippen LogP contribution in [-0.4, -0.2) is 9.91 Å². The van der Waals surface area contributed by atoms with Gasteiger partial charge < -0.3 is 5.32 Å². The van der Waals surface area contributed by atoms with E-state index in [-0.39, 0.29) is 11.4 Å². The van der Waals surface area contributed by atoms with Gasteiger partial charge in [-0.15, -0.1) is 11.3 Å². The van der Waals surface area contributed by atoms with Crippen molar-refractivity contribution < 1.29 is 9.31 Å². The van der Waals surface area contributed by atoms with Crippen LogP contribution >= 0.6 is 22.9 Å². The molecule has 5 nitrogen and oxygen atoms in total. The Hall–Kier alpha value is -1.73. The van der Waals surface area contributed by atoms with E-state index in [1.165, 1.54) is 17.4 Å². The van der Waals surface area contributed by atoms with E-state index >= 15 is 0 Å². The average molecular weight is 288 g/mol. The lowest BCUT2D eigenvalue weighted by atomic mass is 10.2. The van der Waals surface area contributed by atoms with Crippen LogP contribution in [0.4, 0.5) is 15.8 Å². The van der Waals surface area contributed by atoms with Crippen molar-refractivity contribution in [2.45, 2.75) is 6.54 Å². The second kappa shape index (κ2) is 5.28. The van der Waals surface area contributed by atoms with Crippen LogP contribution in [0.2, 0.25) is 4.47 Å². The first-order valence-corrected chi connectivity index (χ1v) is 6.04. The number of halogens is 2. The molecule has 0 aliphatic rings. The summed E-state index contributed by atoms with van der Waals surface area (Å²) in [5.41, 5.74) is -0.0449. The van der Waals surface area contributed by atoms with E-state index in [4.69, 9.17) is 11.6 Å². The molecule has 2 aromatic rings. The maximum Gasteiger partial charge on any atom is 0.295 e. The molecule has 94 valence electrons. The number of hydrogen-bond donors (Lipinski definition) is 1. The van der Waals surface area contributed by atoms with Crippen LogP contribution in [0.5, 0.6) is 0 Å². The normalized spacial score (nSPS) is 10.3. The Kier molecular flexibility index (Phi) is 3.73. The van der Waals surface area contributed by atoms with Crippen molar-refractivity contribution in [3.63, 3.8) is 0 Å². The molecule has 0 fully saturated rings. The summed E-state index contributed by atoms with van der Waals surface area (Å²) in [6.07, 6.45) is 1.58. The molecule has 0 amide bonds. The van der Waals surface area contributed by atoms with Gasteiger partial charge in [-0.3, -0.25) is 10.1 Å². The summed E-state index contributed by atoms with van der Waals surface area (Å²) < 4.78 is 13.3. The number of rotatable bonds is 4. The maximum atomic E-state index is 12.9. The molecule has 1 heterocycles. The second-order valence-electron chi connectivity index (χ2n) is 3.35. The molecule has 0 spiro atoms. The van der Waals surface area contributed by atoms with Gasteiger partial charge >= 0.3 is 0 Å². The lowest BCUT2D eigenvalue weighted by molar-refractivity contribution is -0.384. The fourth-order valence-electron chi connectivity index (χ4n) is 1.35. The Balaban J connectivity index is 2.16.